The van der Waals surface area contributed by atoms with E-state index in [9.17, 15) is 24.6 Å². The van der Waals surface area contributed by atoms with E-state index in [4.69, 9.17) is 9.47 Å². The number of unbranched alkanes of at least 4 members (excludes halogenated alkanes) is 1. The minimum atomic E-state index is -1.45. The summed E-state index contributed by atoms with van der Waals surface area (Å²) in [7, 11) is 0. The first kappa shape index (κ1) is 27.5. The number of allylic oxidation sites excluding steroid dienone is 4. The Morgan fingerprint density at radius 3 is 2.51 bits per heavy atom. The number of fused-ring (bicyclic) bond motifs is 5. The van der Waals surface area contributed by atoms with Crippen molar-refractivity contribution in [2.75, 3.05) is 6.61 Å². The maximum absolute atomic E-state index is 13.1. The van der Waals surface area contributed by atoms with Gasteiger partial charge in [-0.3, -0.25) is 9.59 Å². The molecule has 0 aromatic heterocycles. The van der Waals surface area contributed by atoms with E-state index >= 15 is 0 Å². The largest absolute Gasteiger partial charge is 0.455 e. The van der Waals surface area contributed by atoms with E-state index in [1.807, 2.05) is 39.0 Å². The lowest BCUT2D eigenvalue weighted by atomic mass is 9.60. The molecule has 2 fully saturated rings. The molecule has 2 unspecified atom stereocenters. The first-order valence-corrected chi connectivity index (χ1v) is 13.4. The van der Waals surface area contributed by atoms with Crippen molar-refractivity contribution < 1.29 is 34.1 Å². The van der Waals surface area contributed by atoms with E-state index in [1.54, 1.807) is 19.1 Å². The Bertz CT molecular complexity index is 1100. The van der Waals surface area contributed by atoms with Crippen molar-refractivity contribution in [1.29, 1.82) is 0 Å². The summed E-state index contributed by atoms with van der Waals surface area (Å²) in [4.78, 5) is 38.5. The molecule has 7 nitrogen and oxygen atoms in total. The molecule has 0 spiro atoms. The highest BCUT2D eigenvalue weighted by molar-refractivity contribution is 6.00. The van der Waals surface area contributed by atoms with Gasteiger partial charge in [0.2, 0.25) is 0 Å². The van der Waals surface area contributed by atoms with Crippen LogP contribution >= 0.6 is 0 Å². The zero-order chi connectivity index (χ0) is 27.3. The Morgan fingerprint density at radius 2 is 1.89 bits per heavy atom. The molecule has 0 amide bonds. The fraction of sp³-hybridized carbons (Fsp3) is 0.633. The second-order valence-corrected chi connectivity index (χ2v) is 11.8. The highest BCUT2D eigenvalue weighted by Gasteiger charge is 2.87. The normalized spacial score (nSPS) is 39.8. The maximum atomic E-state index is 13.1. The quantitative estimate of drug-likeness (QED) is 0.231. The molecule has 0 radical (unpaired) electrons. The maximum Gasteiger partial charge on any atom is 0.331 e. The van der Waals surface area contributed by atoms with Crippen molar-refractivity contribution >= 4 is 17.7 Å². The van der Waals surface area contributed by atoms with E-state index in [-0.39, 0.29) is 18.3 Å². The van der Waals surface area contributed by atoms with Gasteiger partial charge in [0.15, 0.2) is 11.4 Å². The molecular weight excluding hydrogens is 472 g/mol. The summed E-state index contributed by atoms with van der Waals surface area (Å²) in [6.07, 6.45) is 11.8. The number of carbonyl (C=O) groups excluding carboxylic acids is 3. The average Bonchev–Trinajstić information content (AvgIpc) is 3.22. The Kier molecular flexibility index (Phi) is 7.19. The predicted octanol–water partition coefficient (Wildman–Crippen LogP) is 3.85. The molecule has 4 aliphatic rings. The van der Waals surface area contributed by atoms with Crippen molar-refractivity contribution in [3.8, 4) is 0 Å². The van der Waals surface area contributed by atoms with Gasteiger partial charge in [0.05, 0.1) is 12.2 Å². The third kappa shape index (κ3) is 4.06. The second-order valence-electron chi connectivity index (χ2n) is 11.8. The highest BCUT2D eigenvalue weighted by atomic mass is 16.6. The summed E-state index contributed by atoms with van der Waals surface area (Å²) in [5.74, 6) is -3.67. The van der Waals surface area contributed by atoms with Gasteiger partial charge in [-0.2, -0.15) is 0 Å². The van der Waals surface area contributed by atoms with Gasteiger partial charge in [0.25, 0.3) is 0 Å². The first-order valence-electron chi connectivity index (χ1n) is 13.4. The summed E-state index contributed by atoms with van der Waals surface area (Å²) in [6.45, 7) is 10.7. The van der Waals surface area contributed by atoms with E-state index < -0.39 is 58.3 Å². The zero-order valence-corrected chi connectivity index (χ0v) is 22.7. The number of ketones is 1. The molecule has 202 valence electrons. The number of aliphatic hydroxyl groups is 2. The van der Waals surface area contributed by atoms with Gasteiger partial charge in [-0.15, -0.1) is 0 Å². The molecule has 0 aliphatic heterocycles. The van der Waals surface area contributed by atoms with Gasteiger partial charge in [-0.1, -0.05) is 64.5 Å². The highest BCUT2D eigenvalue weighted by Crippen LogP contribution is 2.76. The van der Waals surface area contributed by atoms with Gasteiger partial charge in [-0.25, -0.2) is 4.79 Å². The predicted molar refractivity (Wildman–Crippen MR) is 138 cm³/mol. The lowest BCUT2D eigenvalue weighted by Gasteiger charge is -2.52. The standard InChI is InChI=1S/C30H40O7/c1-7-8-9-10-11-12-24(33)36-27-18(3)29(35)22-13-17(2)25(34)21(22)14-20(16-31)15-23(29)26-28(5,6)30(26,27)37-19(4)32/h9-13,15,18,21-23,26-27,31,35H,7-8,14,16H2,1-6H3/b10-9+,12-11-/t18-,21+,22?,23+,26?,27-,29+,30-/m1/s1. The van der Waals surface area contributed by atoms with Crippen LogP contribution in [0.15, 0.2) is 47.6 Å². The van der Waals surface area contributed by atoms with Crippen molar-refractivity contribution in [2.45, 2.75) is 78.1 Å². The molecule has 0 aromatic rings. The van der Waals surface area contributed by atoms with Gasteiger partial charge < -0.3 is 19.7 Å². The van der Waals surface area contributed by atoms with Gasteiger partial charge in [0.1, 0.15) is 6.10 Å². The van der Waals surface area contributed by atoms with E-state index in [0.717, 1.165) is 12.8 Å². The molecule has 0 heterocycles. The topological polar surface area (TPSA) is 110 Å². The lowest BCUT2D eigenvalue weighted by Crippen LogP contribution is -2.63. The number of rotatable bonds is 7. The smallest absolute Gasteiger partial charge is 0.331 e. The van der Waals surface area contributed by atoms with Crippen LogP contribution < -0.4 is 0 Å². The molecule has 0 bridgehead atoms. The van der Waals surface area contributed by atoms with Crippen molar-refractivity contribution in [2.24, 2.45) is 35.0 Å². The number of esters is 2. The minimum Gasteiger partial charge on any atom is -0.455 e. The molecule has 4 rings (SSSR count). The number of carbonyl (C=O) groups is 3. The molecule has 0 aromatic carbocycles. The third-order valence-electron chi connectivity index (χ3n) is 9.38. The van der Waals surface area contributed by atoms with Gasteiger partial charge in [-0.05, 0) is 30.9 Å². The van der Waals surface area contributed by atoms with Crippen LogP contribution in [0.5, 0.6) is 0 Å². The van der Waals surface area contributed by atoms with Crippen LogP contribution in [0.25, 0.3) is 0 Å². The Balaban J connectivity index is 1.81. The van der Waals surface area contributed by atoms with Crippen LogP contribution in [0, 0.1) is 35.0 Å². The molecule has 2 saturated carbocycles. The monoisotopic (exact) mass is 512 g/mol. The van der Waals surface area contributed by atoms with Gasteiger partial charge in [0, 0.05) is 48.0 Å². The van der Waals surface area contributed by atoms with E-state index in [2.05, 4.69) is 6.92 Å². The summed E-state index contributed by atoms with van der Waals surface area (Å²) >= 11 is 0. The first-order chi connectivity index (χ1) is 17.4. The number of Topliss-reactive ketones (excluding diaryl/α,β-unsaturated/α-hetero) is 1. The zero-order valence-electron chi connectivity index (χ0n) is 22.7. The van der Waals surface area contributed by atoms with E-state index in [0.29, 0.717) is 17.6 Å². The lowest BCUT2D eigenvalue weighted by molar-refractivity contribution is -0.217. The minimum absolute atomic E-state index is 0.0344. The van der Waals surface area contributed by atoms with Crippen LogP contribution in [0.3, 0.4) is 0 Å². The van der Waals surface area contributed by atoms with Crippen molar-refractivity contribution in [1.82, 2.24) is 0 Å². The van der Waals surface area contributed by atoms with Crippen molar-refractivity contribution in [3.63, 3.8) is 0 Å². The number of ether oxygens (including phenoxy) is 2. The Morgan fingerprint density at radius 1 is 1.19 bits per heavy atom. The van der Waals surface area contributed by atoms with Crippen LogP contribution in [0.1, 0.15) is 60.8 Å². The van der Waals surface area contributed by atoms with Crippen molar-refractivity contribution in [3.05, 3.63) is 47.6 Å². The van der Waals surface area contributed by atoms with E-state index in [1.165, 1.54) is 13.0 Å². The fourth-order valence-electron chi connectivity index (χ4n) is 7.64. The van der Waals surface area contributed by atoms with Crippen LogP contribution in [-0.2, 0) is 23.9 Å². The molecular formula is C30H40O7. The summed E-state index contributed by atoms with van der Waals surface area (Å²) in [5, 5.41) is 22.7. The molecule has 8 atom stereocenters. The summed E-state index contributed by atoms with van der Waals surface area (Å²) < 4.78 is 12.1. The third-order valence-corrected chi connectivity index (χ3v) is 9.38. The second kappa shape index (κ2) is 9.66. The molecule has 7 heteroatoms. The van der Waals surface area contributed by atoms with Crippen LogP contribution in [0.4, 0.5) is 0 Å². The fourth-order valence-corrected chi connectivity index (χ4v) is 7.64. The average molecular weight is 513 g/mol. The molecule has 37 heavy (non-hydrogen) atoms. The van der Waals surface area contributed by atoms with Crippen LogP contribution in [0.2, 0.25) is 0 Å². The Labute approximate surface area is 219 Å². The number of hydrogen-bond donors (Lipinski definition) is 2. The summed E-state index contributed by atoms with van der Waals surface area (Å²) in [6, 6.07) is 0. The molecule has 2 N–H and O–H groups in total. The summed E-state index contributed by atoms with van der Waals surface area (Å²) in [5.41, 5.74) is -1.94. The number of aliphatic hydroxyl groups excluding tert-OH is 1. The SMILES string of the molecule is CCC/C=C/C=C\C(=O)O[C@@H]1[C@@H](C)[C@]2(O)C3C=C(C)C(=O)[C@H]3CC(CO)=C[C@H]2C2C(C)(C)[C@@]21OC(C)=O. The van der Waals surface area contributed by atoms with Gasteiger partial charge >= 0.3 is 11.9 Å². The Hall–Kier alpha value is -2.51. The molecule has 4 aliphatic carbocycles. The number of hydrogen-bond acceptors (Lipinski definition) is 7. The van der Waals surface area contributed by atoms with Crippen LogP contribution in [-0.4, -0.2) is 51.8 Å². The molecule has 0 saturated heterocycles.